The monoisotopic (exact) mass is 257 g/mol. The summed E-state index contributed by atoms with van der Waals surface area (Å²) >= 11 is 1.66. The van der Waals surface area contributed by atoms with Crippen molar-refractivity contribution in [2.45, 2.75) is 32.4 Å². The van der Waals surface area contributed by atoms with E-state index < -0.39 is 12.1 Å². The largest absolute Gasteiger partial charge is 0.481 e. The van der Waals surface area contributed by atoms with Crippen LogP contribution < -0.4 is 5.32 Å². The molecular formula is C12H19NO3S. The molecule has 0 spiro atoms. The lowest BCUT2D eigenvalue weighted by Crippen LogP contribution is -2.33. The minimum absolute atomic E-state index is 0.165. The summed E-state index contributed by atoms with van der Waals surface area (Å²) in [5, 5.41) is 23.3. The fraction of sp³-hybridized carbons (Fsp3) is 0.583. The molecule has 17 heavy (non-hydrogen) atoms. The first-order chi connectivity index (χ1) is 8.00. The predicted octanol–water partition coefficient (Wildman–Crippen LogP) is 1.87. The van der Waals surface area contributed by atoms with Crippen molar-refractivity contribution in [1.29, 1.82) is 0 Å². The average molecular weight is 257 g/mol. The lowest BCUT2D eigenvalue weighted by molar-refractivity contribution is -0.139. The smallest absolute Gasteiger partial charge is 0.306 e. The Labute approximate surface area is 105 Å². The van der Waals surface area contributed by atoms with Crippen LogP contribution in [0.25, 0.3) is 0 Å². The van der Waals surface area contributed by atoms with Crippen molar-refractivity contribution in [3.05, 3.63) is 22.4 Å². The van der Waals surface area contributed by atoms with E-state index in [9.17, 15) is 9.90 Å². The van der Waals surface area contributed by atoms with Gasteiger partial charge in [0, 0.05) is 17.5 Å². The third-order valence-corrected chi connectivity index (χ3v) is 3.46. The fourth-order valence-corrected chi connectivity index (χ4v) is 2.64. The van der Waals surface area contributed by atoms with Crippen molar-refractivity contribution in [2.24, 2.45) is 5.92 Å². The molecule has 2 atom stereocenters. The summed E-state index contributed by atoms with van der Waals surface area (Å²) in [6, 6.07) is 4.20. The Bertz CT molecular complexity index is 338. The van der Waals surface area contributed by atoms with Crippen LogP contribution in [-0.2, 0) is 4.79 Å². The van der Waals surface area contributed by atoms with E-state index >= 15 is 0 Å². The number of nitrogens with one attached hydrogen (secondary N) is 1. The number of hydrogen-bond donors (Lipinski definition) is 3. The molecule has 1 aromatic heterocycles. The van der Waals surface area contributed by atoms with Crippen molar-refractivity contribution in [3.8, 4) is 0 Å². The van der Waals surface area contributed by atoms with Gasteiger partial charge in [-0.2, -0.15) is 0 Å². The molecule has 0 aliphatic carbocycles. The van der Waals surface area contributed by atoms with Gasteiger partial charge in [-0.1, -0.05) is 19.9 Å². The lowest BCUT2D eigenvalue weighted by atomic mass is 10.0. The van der Waals surface area contributed by atoms with Gasteiger partial charge in [0.25, 0.3) is 0 Å². The third-order valence-electron chi connectivity index (χ3n) is 2.50. The van der Waals surface area contributed by atoms with Gasteiger partial charge in [-0.05, 0) is 17.4 Å². The van der Waals surface area contributed by atoms with Crippen LogP contribution in [0.1, 0.15) is 31.2 Å². The molecule has 2 unspecified atom stereocenters. The van der Waals surface area contributed by atoms with Gasteiger partial charge in [0.15, 0.2) is 0 Å². The molecule has 1 rings (SSSR count). The zero-order valence-electron chi connectivity index (χ0n) is 10.1. The minimum Gasteiger partial charge on any atom is -0.481 e. The molecule has 1 aromatic rings. The number of carboxylic acids is 1. The van der Waals surface area contributed by atoms with Crippen LogP contribution in [0.5, 0.6) is 0 Å². The Morgan fingerprint density at radius 1 is 1.53 bits per heavy atom. The Kier molecular flexibility index (Phi) is 5.61. The van der Waals surface area contributed by atoms with Crippen LogP contribution in [0.2, 0.25) is 0 Å². The standard InChI is InChI=1S/C12H19NO3S/c1-8(2)12(10-4-3-5-17-10)13-7-9(14)6-11(15)16/h3-5,8-9,12-14H,6-7H2,1-2H3,(H,15,16). The normalized spacial score (nSPS) is 14.8. The Hall–Kier alpha value is -0.910. The first-order valence-electron chi connectivity index (χ1n) is 5.67. The molecule has 0 aliphatic heterocycles. The molecule has 1 heterocycles. The maximum absolute atomic E-state index is 10.4. The summed E-state index contributed by atoms with van der Waals surface area (Å²) in [7, 11) is 0. The predicted molar refractivity (Wildman–Crippen MR) is 68.2 cm³/mol. The molecule has 0 fully saturated rings. The summed E-state index contributed by atoms with van der Waals surface area (Å²) in [6.07, 6.45) is -1.06. The van der Waals surface area contributed by atoms with Crippen LogP contribution in [0.3, 0.4) is 0 Å². The summed E-state index contributed by atoms with van der Waals surface area (Å²) in [4.78, 5) is 11.6. The van der Waals surface area contributed by atoms with Crippen molar-refractivity contribution in [3.63, 3.8) is 0 Å². The lowest BCUT2D eigenvalue weighted by Gasteiger charge is -2.22. The first kappa shape index (κ1) is 14.2. The summed E-state index contributed by atoms with van der Waals surface area (Å²) in [5.41, 5.74) is 0. The molecule has 5 heteroatoms. The maximum atomic E-state index is 10.4. The van der Waals surface area contributed by atoms with Crippen LogP contribution in [0.4, 0.5) is 0 Å². The second kappa shape index (κ2) is 6.74. The second-order valence-electron chi connectivity index (χ2n) is 4.40. The van der Waals surface area contributed by atoms with Gasteiger partial charge in [-0.15, -0.1) is 11.3 Å². The van der Waals surface area contributed by atoms with Crippen LogP contribution in [-0.4, -0.2) is 28.8 Å². The molecule has 96 valence electrons. The van der Waals surface area contributed by atoms with Crippen LogP contribution in [0.15, 0.2) is 17.5 Å². The topological polar surface area (TPSA) is 69.6 Å². The highest BCUT2D eigenvalue weighted by atomic mass is 32.1. The van der Waals surface area contributed by atoms with Gasteiger partial charge in [-0.25, -0.2) is 0 Å². The Balaban J connectivity index is 2.49. The molecular weight excluding hydrogens is 238 g/mol. The maximum Gasteiger partial charge on any atom is 0.306 e. The van der Waals surface area contributed by atoms with E-state index in [1.54, 1.807) is 11.3 Å². The molecule has 0 saturated heterocycles. The van der Waals surface area contributed by atoms with Gasteiger partial charge in [0.2, 0.25) is 0 Å². The number of thiophene rings is 1. The highest BCUT2D eigenvalue weighted by Crippen LogP contribution is 2.25. The zero-order valence-corrected chi connectivity index (χ0v) is 10.9. The van der Waals surface area contributed by atoms with E-state index in [0.29, 0.717) is 12.5 Å². The van der Waals surface area contributed by atoms with Gasteiger partial charge in [0.05, 0.1) is 12.5 Å². The molecule has 0 aliphatic rings. The van der Waals surface area contributed by atoms with Gasteiger partial charge in [0.1, 0.15) is 0 Å². The van der Waals surface area contributed by atoms with Crippen molar-refractivity contribution in [1.82, 2.24) is 5.32 Å². The highest BCUT2D eigenvalue weighted by molar-refractivity contribution is 7.10. The third kappa shape index (κ3) is 4.85. The number of aliphatic carboxylic acids is 1. The molecule has 4 nitrogen and oxygen atoms in total. The molecule has 0 bridgehead atoms. The van der Waals surface area contributed by atoms with Crippen LogP contribution in [0, 0.1) is 5.92 Å². The number of carbonyl (C=O) groups is 1. The molecule has 0 aromatic carbocycles. The second-order valence-corrected chi connectivity index (χ2v) is 5.38. The van der Waals surface area contributed by atoms with E-state index in [1.807, 2.05) is 17.5 Å². The van der Waals surface area contributed by atoms with E-state index in [1.165, 1.54) is 4.88 Å². The summed E-state index contributed by atoms with van der Waals surface area (Å²) in [5.74, 6) is -0.581. The Morgan fingerprint density at radius 3 is 2.71 bits per heavy atom. The molecule has 0 saturated carbocycles. The van der Waals surface area contributed by atoms with E-state index in [2.05, 4.69) is 19.2 Å². The molecule has 3 N–H and O–H groups in total. The van der Waals surface area contributed by atoms with Crippen molar-refractivity contribution >= 4 is 17.3 Å². The van der Waals surface area contributed by atoms with Gasteiger partial charge < -0.3 is 15.5 Å². The van der Waals surface area contributed by atoms with Crippen LogP contribution >= 0.6 is 11.3 Å². The van der Waals surface area contributed by atoms with Gasteiger partial charge >= 0.3 is 5.97 Å². The Morgan fingerprint density at radius 2 is 2.24 bits per heavy atom. The zero-order chi connectivity index (χ0) is 12.8. The van der Waals surface area contributed by atoms with E-state index in [4.69, 9.17) is 5.11 Å². The highest BCUT2D eigenvalue weighted by Gasteiger charge is 2.18. The first-order valence-corrected chi connectivity index (χ1v) is 6.55. The summed E-state index contributed by atoms with van der Waals surface area (Å²) in [6.45, 7) is 4.50. The summed E-state index contributed by atoms with van der Waals surface area (Å²) < 4.78 is 0. The van der Waals surface area contributed by atoms with E-state index in [-0.39, 0.29) is 12.5 Å². The van der Waals surface area contributed by atoms with Crippen molar-refractivity contribution < 1.29 is 15.0 Å². The quantitative estimate of drug-likeness (QED) is 0.697. The molecule has 0 radical (unpaired) electrons. The number of aliphatic hydroxyl groups is 1. The number of aliphatic hydroxyl groups excluding tert-OH is 1. The SMILES string of the molecule is CC(C)C(NCC(O)CC(=O)O)c1cccs1. The fourth-order valence-electron chi connectivity index (χ4n) is 1.67. The molecule has 0 amide bonds. The average Bonchev–Trinajstić information content (AvgIpc) is 2.69. The van der Waals surface area contributed by atoms with Crippen molar-refractivity contribution in [2.75, 3.05) is 6.54 Å². The number of carboxylic acid groups (broad SMARTS) is 1. The number of rotatable bonds is 7. The van der Waals surface area contributed by atoms with Gasteiger partial charge in [-0.3, -0.25) is 4.79 Å². The number of hydrogen-bond acceptors (Lipinski definition) is 4. The van der Waals surface area contributed by atoms with E-state index in [0.717, 1.165) is 0 Å². The minimum atomic E-state index is -0.975.